The van der Waals surface area contributed by atoms with Gasteiger partial charge < -0.3 is 10.6 Å². The third kappa shape index (κ3) is 4.48. The molecular formula is C13H22N4O3. The summed E-state index contributed by atoms with van der Waals surface area (Å²) in [6.07, 6.45) is 3.74. The zero-order valence-electron chi connectivity index (χ0n) is 11.8. The van der Waals surface area contributed by atoms with Gasteiger partial charge in [0.1, 0.15) is 0 Å². The van der Waals surface area contributed by atoms with Crippen LogP contribution in [0.4, 0.5) is 4.79 Å². The minimum Gasteiger partial charge on any atom is -0.353 e. The standard InChI is InChI=1S/C13H22N4O3/c1-14-13(20)16-11(18)8-17-6-4-10(5-7-17)15-12(19)9-2-3-9/h9-10H,2-8H2,1H3,(H,15,19)(H2,14,16,18,20). The van der Waals surface area contributed by atoms with E-state index in [0.29, 0.717) is 0 Å². The normalized spacial score (nSPS) is 20.2. The summed E-state index contributed by atoms with van der Waals surface area (Å²) < 4.78 is 0. The summed E-state index contributed by atoms with van der Waals surface area (Å²) in [6, 6.07) is -0.261. The predicted molar refractivity (Wildman–Crippen MR) is 72.9 cm³/mol. The Morgan fingerprint density at radius 3 is 2.30 bits per heavy atom. The van der Waals surface area contributed by atoms with Gasteiger partial charge in [-0.3, -0.25) is 19.8 Å². The molecule has 0 aromatic rings. The third-order valence-corrected chi connectivity index (χ3v) is 3.73. The molecule has 0 atom stereocenters. The number of nitrogens with one attached hydrogen (secondary N) is 3. The molecule has 0 aromatic heterocycles. The maximum absolute atomic E-state index is 11.7. The number of imide groups is 1. The van der Waals surface area contributed by atoms with Crippen molar-refractivity contribution in [2.75, 3.05) is 26.7 Å². The highest BCUT2D eigenvalue weighted by Gasteiger charge is 2.31. The smallest absolute Gasteiger partial charge is 0.321 e. The van der Waals surface area contributed by atoms with Crippen molar-refractivity contribution < 1.29 is 14.4 Å². The second-order valence-corrected chi connectivity index (χ2v) is 5.46. The monoisotopic (exact) mass is 282 g/mol. The maximum atomic E-state index is 11.7. The van der Waals surface area contributed by atoms with Gasteiger partial charge in [0, 0.05) is 32.1 Å². The Hall–Kier alpha value is -1.63. The van der Waals surface area contributed by atoms with E-state index in [1.807, 2.05) is 4.90 Å². The molecule has 2 aliphatic rings. The van der Waals surface area contributed by atoms with Gasteiger partial charge >= 0.3 is 6.03 Å². The van der Waals surface area contributed by atoms with Crippen LogP contribution in [0.15, 0.2) is 0 Å². The lowest BCUT2D eigenvalue weighted by atomic mass is 10.0. The molecule has 1 heterocycles. The summed E-state index contributed by atoms with van der Waals surface area (Å²) in [5.41, 5.74) is 0. The van der Waals surface area contributed by atoms with Crippen molar-refractivity contribution in [3.05, 3.63) is 0 Å². The number of hydrogen-bond acceptors (Lipinski definition) is 4. The largest absolute Gasteiger partial charge is 0.353 e. The van der Waals surface area contributed by atoms with Gasteiger partial charge in [-0.05, 0) is 25.7 Å². The molecule has 3 N–H and O–H groups in total. The summed E-state index contributed by atoms with van der Waals surface area (Å²) in [6.45, 7) is 1.74. The molecule has 0 spiro atoms. The summed E-state index contributed by atoms with van der Waals surface area (Å²) in [7, 11) is 1.47. The number of hydrogen-bond donors (Lipinski definition) is 3. The molecule has 0 unspecified atom stereocenters. The van der Waals surface area contributed by atoms with Crippen LogP contribution in [0, 0.1) is 5.92 Å². The number of amides is 4. The molecule has 0 aromatic carbocycles. The van der Waals surface area contributed by atoms with Crippen LogP contribution >= 0.6 is 0 Å². The molecular weight excluding hydrogens is 260 g/mol. The lowest BCUT2D eigenvalue weighted by Crippen LogP contribution is -2.49. The SMILES string of the molecule is CNC(=O)NC(=O)CN1CCC(NC(=O)C2CC2)CC1. The minimum absolute atomic E-state index is 0.181. The fourth-order valence-corrected chi connectivity index (χ4v) is 2.33. The highest BCUT2D eigenvalue weighted by molar-refractivity contribution is 5.95. The number of nitrogens with zero attached hydrogens (tertiary/aromatic N) is 1. The molecule has 7 heteroatoms. The first kappa shape index (κ1) is 14.8. The first-order valence-corrected chi connectivity index (χ1v) is 7.12. The predicted octanol–water partition coefficient (Wildman–Crippen LogP) is -0.567. The first-order valence-electron chi connectivity index (χ1n) is 7.12. The van der Waals surface area contributed by atoms with Crippen molar-refractivity contribution in [1.82, 2.24) is 20.9 Å². The van der Waals surface area contributed by atoms with E-state index in [-0.39, 0.29) is 30.3 Å². The van der Waals surface area contributed by atoms with E-state index in [2.05, 4.69) is 16.0 Å². The Morgan fingerprint density at radius 2 is 1.75 bits per heavy atom. The van der Waals surface area contributed by atoms with Crippen LogP contribution in [0.25, 0.3) is 0 Å². The zero-order chi connectivity index (χ0) is 14.5. The van der Waals surface area contributed by atoms with E-state index in [4.69, 9.17) is 0 Å². The second-order valence-electron chi connectivity index (χ2n) is 5.46. The topological polar surface area (TPSA) is 90.5 Å². The zero-order valence-corrected chi connectivity index (χ0v) is 11.8. The van der Waals surface area contributed by atoms with Crippen LogP contribution in [-0.4, -0.2) is 55.5 Å². The Labute approximate surface area is 118 Å². The summed E-state index contributed by atoms with van der Waals surface area (Å²) in [4.78, 5) is 36.2. The van der Waals surface area contributed by atoms with E-state index in [1.54, 1.807) is 0 Å². The van der Waals surface area contributed by atoms with Crippen LogP contribution < -0.4 is 16.0 Å². The molecule has 0 radical (unpaired) electrons. The average molecular weight is 282 g/mol. The average Bonchev–Trinajstić information content (AvgIpc) is 3.25. The second kappa shape index (κ2) is 6.69. The van der Waals surface area contributed by atoms with Gasteiger partial charge in [0.15, 0.2) is 0 Å². The van der Waals surface area contributed by atoms with Gasteiger partial charge in [0.05, 0.1) is 6.54 Å². The summed E-state index contributed by atoms with van der Waals surface area (Å²) in [5, 5.41) is 7.65. The van der Waals surface area contributed by atoms with Crippen molar-refractivity contribution in [3.63, 3.8) is 0 Å². The summed E-state index contributed by atoms with van der Waals surface area (Å²) >= 11 is 0. The number of likely N-dealkylation sites (tertiary alicyclic amines) is 1. The Balaban J connectivity index is 1.64. The molecule has 1 aliphatic heterocycles. The Bertz CT molecular complexity index is 387. The molecule has 2 fully saturated rings. The highest BCUT2D eigenvalue weighted by Crippen LogP contribution is 2.29. The molecule has 112 valence electrons. The van der Waals surface area contributed by atoms with Gasteiger partial charge in [-0.2, -0.15) is 0 Å². The van der Waals surface area contributed by atoms with Crippen LogP contribution in [0.2, 0.25) is 0 Å². The minimum atomic E-state index is -0.485. The number of urea groups is 1. The molecule has 1 aliphatic carbocycles. The summed E-state index contributed by atoms with van der Waals surface area (Å²) in [5.74, 6) is 0.122. The van der Waals surface area contributed by atoms with Crippen LogP contribution in [0.5, 0.6) is 0 Å². The molecule has 1 saturated heterocycles. The quantitative estimate of drug-likeness (QED) is 0.644. The van der Waals surface area contributed by atoms with Gasteiger partial charge in [-0.15, -0.1) is 0 Å². The Morgan fingerprint density at radius 1 is 1.10 bits per heavy atom. The van der Waals surface area contributed by atoms with Crippen LogP contribution in [-0.2, 0) is 9.59 Å². The number of carbonyl (C=O) groups excluding carboxylic acids is 3. The van der Waals surface area contributed by atoms with Gasteiger partial charge in [0.25, 0.3) is 0 Å². The maximum Gasteiger partial charge on any atom is 0.321 e. The fraction of sp³-hybridized carbons (Fsp3) is 0.769. The lowest BCUT2D eigenvalue weighted by Gasteiger charge is -2.31. The first-order chi connectivity index (χ1) is 9.58. The van der Waals surface area contributed by atoms with Crippen molar-refractivity contribution in [1.29, 1.82) is 0 Å². The number of carbonyl (C=O) groups is 3. The van der Waals surface area contributed by atoms with E-state index in [0.717, 1.165) is 38.8 Å². The van der Waals surface area contributed by atoms with Crippen molar-refractivity contribution in [2.24, 2.45) is 5.92 Å². The van der Waals surface area contributed by atoms with Crippen molar-refractivity contribution >= 4 is 17.8 Å². The van der Waals surface area contributed by atoms with E-state index in [9.17, 15) is 14.4 Å². The number of rotatable bonds is 4. The van der Waals surface area contributed by atoms with Gasteiger partial charge in [-0.1, -0.05) is 0 Å². The van der Waals surface area contributed by atoms with Gasteiger partial charge in [-0.25, -0.2) is 4.79 Å². The molecule has 4 amide bonds. The van der Waals surface area contributed by atoms with E-state index in [1.165, 1.54) is 7.05 Å². The van der Waals surface area contributed by atoms with Crippen LogP contribution in [0.1, 0.15) is 25.7 Å². The van der Waals surface area contributed by atoms with Gasteiger partial charge in [0.2, 0.25) is 11.8 Å². The lowest BCUT2D eigenvalue weighted by molar-refractivity contribution is -0.124. The molecule has 7 nitrogen and oxygen atoms in total. The van der Waals surface area contributed by atoms with Crippen LogP contribution in [0.3, 0.4) is 0 Å². The fourth-order valence-electron chi connectivity index (χ4n) is 2.33. The molecule has 1 saturated carbocycles. The Kier molecular flexibility index (Phi) is 4.94. The van der Waals surface area contributed by atoms with Crippen molar-refractivity contribution in [3.8, 4) is 0 Å². The van der Waals surface area contributed by atoms with Crippen molar-refractivity contribution in [2.45, 2.75) is 31.7 Å². The van der Waals surface area contributed by atoms with E-state index < -0.39 is 6.03 Å². The van der Waals surface area contributed by atoms with E-state index >= 15 is 0 Å². The molecule has 0 bridgehead atoms. The molecule has 2 rings (SSSR count). The molecule has 20 heavy (non-hydrogen) atoms. The third-order valence-electron chi connectivity index (χ3n) is 3.73. The number of piperidine rings is 1. The highest BCUT2D eigenvalue weighted by atomic mass is 16.2.